The summed E-state index contributed by atoms with van der Waals surface area (Å²) in [7, 11) is 0. The molecule has 0 spiro atoms. The molecular formula is C28H38N4O2. The molecule has 3 aliphatic rings. The number of likely N-dealkylation sites (tertiary alicyclic amines) is 1. The second-order valence-corrected chi connectivity index (χ2v) is 10.1. The number of ether oxygens (including phenoxy) is 1. The van der Waals surface area contributed by atoms with Crippen molar-refractivity contribution in [1.29, 1.82) is 0 Å². The summed E-state index contributed by atoms with van der Waals surface area (Å²) in [5, 5.41) is 6.87. The van der Waals surface area contributed by atoms with Gasteiger partial charge < -0.3 is 20.3 Å². The first-order valence-corrected chi connectivity index (χ1v) is 13.0. The molecule has 5 rings (SSSR count). The van der Waals surface area contributed by atoms with Crippen LogP contribution >= 0.6 is 0 Å². The van der Waals surface area contributed by atoms with Gasteiger partial charge in [0.25, 0.3) is 0 Å². The molecule has 2 aromatic carbocycles. The Labute approximate surface area is 203 Å². The third kappa shape index (κ3) is 6.17. The molecule has 0 radical (unpaired) electrons. The van der Waals surface area contributed by atoms with Crippen LogP contribution in [0.3, 0.4) is 0 Å². The zero-order valence-corrected chi connectivity index (χ0v) is 20.1. The van der Waals surface area contributed by atoms with Crippen molar-refractivity contribution < 1.29 is 9.53 Å². The predicted molar refractivity (Wildman–Crippen MR) is 137 cm³/mol. The first kappa shape index (κ1) is 23.3. The van der Waals surface area contributed by atoms with Crippen molar-refractivity contribution >= 4 is 17.3 Å². The minimum atomic E-state index is 0.113. The van der Waals surface area contributed by atoms with E-state index in [0.717, 1.165) is 70.4 Å². The molecule has 1 amide bonds. The second-order valence-electron chi connectivity index (χ2n) is 10.1. The van der Waals surface area contributed by atoms with Gasteiger partial charge in [0.05, 0.1) is 13.2 Å². The third-order valence-electron chi connectivity index (χ3n) is 7.58. The van der Waals surface area contributed by atoms with Gasteiger partial charge in [-0.15, -0.1) is 0 Å². The van der Waals surface area contributed by atoms with E-state index in [9.17, 15) is 4.79 Å². The first-order chi connectivity index (χ1) is 16.7. The average Bonchev–Trinajstić information content (AvgIpc) is 2.87. The van der Waals surface area contributed by atoms with E-state index in [1.165, 1.54) is 24.2 Å². The summed E-state index contributed by atoms with van der Waals surface area (Å²) in [6.07, 6.45) is 3.90. The largest absolute Gasteiger partial charge is 0.378 e. The highest BCUT2D eigenvalue weighted by molar-refractivity contribution is 5.90. The van der Waals surface area contributed by atoms with Crippen LogP contribution < -0.4 is 15.5 Å². The smallest absolute Gasteiger partial charge is 0.224 e. The van der Waals surface area contributed by atoms with Gasteiger partial charge in [-0.1, -0.05) is 30.3 Å². The van der Waals surface area contributed by atoms with Gasteiger partial charge in [0, 0.05) is 56.6 Å². The Morgan fingerprint density at radius 2 is 1.82 bits per heavy atom. The minimum Gasteiger partial charge on any atom is -0.378 e. The number of carbonyl (C=O) groups excluding carboxylic acids is 1. The Balaban J connectivity index is 1.05. The van der Waals surface area contributed by atoms with Gasteiger partial charge in [-0.05, 0) is 67.5 Å². The Bertz CT molecular complexity index is 914. The van der Waals surface area contributed by atoms with E-state index in [4.69, 9.17) is 4.74 Å². The zero-order chi connectivity index (χ0) is 23.2. The number of hydrogen-bond acceptors (Lipinski definition) is 5. The average molecular weight is 463 g/mol. The standard InChI is InChI=1S/C28H38N4O2/c33-28(30-25-9-11-26(12-10-25)32-13-15-34-16-14-32)8-4-7-27-24-17-23(18-29-27)20-31(21-24)19-22-5-2-1-3-6-22/h1-3,5-6,9-12,23-24,27,29H,4,7-8,13-21H2,(H,30,33)/t23-,24-,27+/m0/s1. The molecule has 0 aromatic heterocycles. The van der Waals surface area contributed by atoms with Crippen LogP contribution in [0.25, 0.3) is 0 Å². The van der Waals surface area contributed by atoms with Crippen molar-refractivity contribution in [2.75, 3.05) is 56.2 Å². The molecule has 0 aliphatic carbocycles. The number of benzene rings is 2. The molecule has 3 fully saturated rings. The minimum absolute atomic E-state index is 0.113. The molecule has 6 heteroatoms. The van der Waals surface area contributed by atoms with E-state index >= 15 is 0 Å². The van der Waals surface area contributed by atoms with E-state index in [1.54, 1.807) is 0 Å². The number of piperidine rings is 2. The number of carbonyl (C=O) groups is 1. The maximum atomic E-state index is 12.5. The molecule has 3 heterocycles. The van der Waals surface area contributed by atoms with Gasteiger partial charge in [0.1, 0.15) is 0 Å². The summed E-state index contributed by atoms with van der Waals surface area (Å²) in [5.74, 6) is 1.55. The molecule has 2 bridgehead atoms. The second kappa shape index (κ2) is 11.3. The number of nitrogens with zero attached hydrogens (tertiary/aromatic N) is 2. The highest BCUT2D eigenvalue weighted by Crippen LogP contribution is 2.31. The molecule has 182 valence electrons. The van der Waals surface area contributed by atoms with Gasteiger partial charge in [-0.2, -0.15) is 0 Å². The van der Waals surface area contributed by atoms with Crippen molar-refractivity contribution in [3.63, 3.8) is 0 Å². The molecule has 0 saturated carbocycles. The van der Waals surface area contributed by atoms with Crippen molar-refractivity contribution in [2.45, 2.75) is 38.3 Å². The number of morpholine rings is 1. The maximum Gasteiger partial charge on any atom is 0.224 e. The highest BCUT2D eigenvalue weighted by atomic mass is 16.5. The maximum absolute atomic E-state index is 12.5. The van der Waals surface area contributed by atoms with Gasteiger partial charge in [0.2, 0.25) is 5.91 Å². The summed E-state index contributed by atoms with van der Waals surface area (Å²) in [4.78, 5) is 17.5. The number of amides is 1. The van der Waals surface area contributed by atoms with Crippen molar-refractivity contribution in [2.24, 2.45) is 11.8 Å². The number of fused-ring (bicyclic) bond motifs is 2. The van der Waals surface area contributed by atoms with E-state index in [0.29, 0.717) is 18.4 Å². The van der Waals surface area contributed by atoms with Crippen LogP contribution in [0.4, 0.5) is 11.4 Å². The third-order valence-corrected chi connectivity index (χ3v) is 7.58. The molecular weight excluding hydrogens is 424 g/mol. The van der Waals surface area contributed by atoms with Gasteiger partial charge in [0.15, 0.2) is 0 Å². The quantitative estimate of drug-likeness (QED) is 0.626. The number of anilines is 2. The van der Waals surface area contributed by atoms with E-state index < -0.39 is 0 Å². The molecule has 6 nitrogen and oxygen atoms in total. The van der Waals surface area contributed by atoms with Crippen LogP contribution in [0.1, 0.15) is 31.2 Å². The molecule has 0 unspecified atom stereocenters. The van der Waals surface area contributed by atoms with Gasteiger partial charge in [-0.25, -0.2) is 0 Å². The van der Waals surface area contributed by atoms with Crippen molar-refractivity contribution in [1.82, 2.24) is 10.2 Å². The Hall–Kier alpha value is -2.41. The predicted octanol–water partition coefficient (Wildman–Crippen LogP) is 3.74. The topological polar surface area (TPSA) is 56.8 Å². The Morgan fingerprint density at radius 3 is 2.62 bits per heavy atom. The summed E-state index contributed by atoms with van der Waals surface area (Å²) in [6, 6.07) is 19.5. The summed E-state index contributed by atoms with van der Waals surface area (Å²) < 4.78 is 5.42. The molecule has 3 aliphatic heterocycles. The van der Waals surface area contributed by atoms with Crippen LogP contribution in [-0.4, -0.2) is 62.8 Å². The number of hydrogen-bond donors (Lipinski definition) is 2. The zero-order valence-electron chi connectivity index (χ0n) is 20.1. The summed E-state index contributed by atoms with van der Waals surface area (Å²) in [6.45, 7) is 7.91. The lowest BCUT2D eigenvalue weighted by molar-refractivity contribution is -0.116. The molecule has 2 N–H and O–H groups in total. The lowest BCUT2D eigenvalue weighted by Gasteiger charge is -2.46. The van der Waals surface area contributed by atoms with E-state index in [2.05, 4.69) is 62.9 Å². The van der Waals surface area contributed by atoms with Gasteiger partial charge >= 0.3 is 0 Å². The number of rotatable bonds is 8. The fraction of sp³-hybridized carbons (Fsp3) is 0.536. The fourth-order valence-corrected chi connectivity index (χ4v) is 5.86. The molecule has 3 atom stereocenters. The Kier molecular flexibility index (Phi) is 7.79. The normalized spacial score (nSPS) is 25.2. The van der Waals surface area contributed by atoms with Crippen LogP contribution in [-0.2, 0) is 16.1 Å². The monoisotopic (exact) mass is 462 g/mol. The fourth-order valence-electron chi connectivity index (χ4n) is 5.86. The van der Waals surface area contributed by atoms with Crippen molar-refractivity contribution in [3.8, 4) is 0 Å². The van der Waals surface area contributed by atoms with E-state index in [1.807, 2.05) is 12.1 Å². The van der Waals surface area contributed by atoms with Crippen LogP contribution in [0.2, 0.25) is 0 Å². The molecule has 3 saturated heterocycles. The lowest BCUT2D eigenvalue weighted by Crippen LogP contribution is -2.55. The van der Waals surface area contributed by atoms with Crippen LogP contribution in [0.5, 0.6) is 0 Å². The molecule has 34 heavy (non-hydrogen) atoms. The lowest BCUT2D eigenvalue weighted by atomic mass is 9.79. The van der Waals surface area contributed by atoms with Gasteiger partial charge in [-0.3, -0.25) is 9.69 Å². The number of nitrogens with one attached hydrogen (secondary N) is 2. The summed E-state index contributed by atoms with van der Waals surface area (Å²) >= 11 is 0. The first-order valence-electron chi connectivity index (χ1n) is 13.0. The highest BCUT2D eigenvalue weighted by Gasteiger charge is 2.36. The summed E-state index contributed by atoms with van der Waals surface area (Å²) in [5.41, 5.74) is 3.47. The van der Waals surface area contributed by atoms with Crippen LogP contribution in [0.15, 0.2) is 54.6 Å². The van der Waals surface area contributed by atoms with E-state index in [-0.39, 0.29) is 5.91 Å². The Morgan fingerprint density at radius 1 is 1.03 bits per heavy atom. The van der Waals surface area contributed by atoms with Crippen molar-refractivity contribution in [3.05, 3.63) is 60.2 Å². The van der Waals surface area contributed by atoms with Crippen LogP contribution in [0, 0.1) is 11.8 Å². The SMILES string of the molecule is O=C(CCC[C@H]1NC[C@@H]2C[C@H]1CN(Cc1ccccc1)C2)Nc1ccc(N2CCOCC2)cc1. The molecule has 2 aromatic rings.